The summed E-state index contributed by atoms with van der Waals surface area (Å²) in [6.45, 7) is 0. The minimum absolute atomic E-state index is 0.0149. The van der Waals surface area contributed by atoms with Crippen molar-refractivity contribution < 1.29 is 14.7 Å². The molecule has 100 valence electrons. The van der Waals surface area contributed by atoms with Crippen molar-refractivity contribution in [1.29, 1.82) is 0 Å². The Morgan fingerprint density at radius 2 is 1.79 bits per heavy atom. The third kappa shape index (κ3) is 2.48. The first-order chi connectivity index (χ1) is 9.15. The first-order valence-corrected chi connectivity index (χ1v) is 6.77. The van der Waals surface area contributed by atoms with Crippen LogP contribution in [0.1, 0.15) is 24.8 Å². The molecular weight excluding hydrogens is 242 g/mol. The molecule has 2 N–H and O–H groups in total. The summed E-state index contributed by atoms with van der Waals surface area (Å²) in [7, 11) is 0. The molecule has 2 unspecified atom stereocenters. The Kier molecular flexibility index (Phi) is 3.01. The molecular formula is C15H17NO3. The van der Waals surface area contributed by atoms with Gasteiger partial charge in [0.25, 0.3) is 0 Å². The van der Waals surface area contributed by atoms with Gasteiger partial charge in [0.1, 0.15) is 0 Å². The van der Waals surface area contributed by atoms with E-state index in [1.807, 2.05) is 0 Å². The van der Waals surface area contributed by atoms with E-state index in [4.69, 9.17) is 5.11 Å². The highest BCUT2D eigenvalue weighted by molar-refractivity contribution is 5.95. The van der Waals surface area contributed by atoms with Crippen LogP contribution in [0.4, 0.5) is 5.69 Å². The van der Waals surface area contributed by atoms with Crippen molar-refractivity contribution >= 4 is 17.6 Å². The Balaban J connectivity index is 1.58. The Hall–Kier alpha value is -1.84. The largest absolute Gasteiger partial charge is 0.481 e. The summed E-state index contributed by atoms with van der Waals surface area (Å²) in [6, 6.07) is 7.04. The molecule has 2 aliphatic carbocycles. The molecule has 0 radical (unpaired) electrons. The van der Waals surface area contributed by atoms with Crippen LogP contribution in [0.25, 0.3) is 0 Å². The Labute approximate surface area is 111 Å². The number of rotatable bonds is 4. The number of carboxylic acids is 1. The maximum absolute atomic E-state index is 12.0. The Bertz CT molecular complexity index is 499. The number of hydrogen-bond acceptors (Lipinski definition) is 2. The summed E-state index contributed by atoms with van der Waals surface area (Å²) in [4.78, 5) is 22.6. The van der Waals surface area contributed by atoms with Gasteiger partial charge in [-0.15, -0.1) is 0 Å². The fraction of sp³-hybridized carbons (Fsp3) is 0.467. The average molecular weight is 259 g/mol. The molecule has 1 amide bonds. The van der Waals surface area contributed by atoms with Crippen molar-refractivity contribution in [3.63, 3.8) is 0 Å². The van der Waals surface area contributed by atoms with E-state index in [1.165, 1.54) is 19.3 Å². The number of carbonyl (C=O) groups is 2. The zero-order valence-corrected chi connectivity index (χ0v) is 10.6. The van der Waals surface area contributed by atoms with Crippen molar-refractivity contribution in [3.8, 4) is 0 Å². The summed E-state index contributed by atoms with van der Waals surface area (Å²) >= 11 is 0. The van der Waals surface area contributed by atoms with E-state index >= 15 is 0 Å². The first-order valence-electron chi connectivity index (χ1n) is 6.77. The van der Waals surface area contributed by atoms with Crippen LogP contribution in [0.5, 0.6) is 0 Å². The van der Waals surface area contributed by atoms with Crippen LogP contribution in [0.2, 0.25) is 0 Å². The maximum atomic E-state index is 12.0. The number of carboxylic acid groups (broad SMARTS) is 1. The normalized spacial score (nSPS) is 27.7. The van der Waals surface area contributed by atoms with E-state index in [-0.39, 0.29) is 18.2 Å². The van der Waals surface area contributed by atoms with Crippen LogP contribution < -0.4 is 5.32 Å². The minimum Gasteiger partial charge on any atom is -0.481 e. The lowest BCUT2D eigenvalue weighted by Gasteiger charge is -2.07. The molecule has 19 heavy (non-hydrogen) atoms. The first kappa shape index (κ1) is 12.2. The van der Waals surface area contributed by atoms with Crippen LogP contribution in [-0.2, 0) is 16.0 Å². The van der Waals surface area contributed by atoms with Crippen molar-refractivity contribution in [2.75, 3.05) is 5.32 Å². The van der Waals surface area contributed by atoms with E-state index in [1.54, 1.807) is 24.3 Å². The summed E-state index contributed by atoms with van der Waals surface area (Å²) in [6.07, 6.45) is 3.67. The van der Waals surface area contributed by atoms with Crippen molar-refractivity contribution in [2.45, 2.75) is 25.7 Å². The number of carbonyl (C=O) groups excluding carboxylic acids is 1. The van der Waals surface area contributed by atoms with Crippen molar-refractivity contribution in [2.24, 2.45) is 17.8 Å². The molecule has 1 aromatic rings. The van der Waals surface area contributed by atoms with E-state index < -0.39 is 5.97 Å². The number of hydrogen-bond donors (Lipinski definition) is 2. The minimum atomic E-state index is -0.845. The highest BCUT2D eigenvalue weighted by Gasteiger charge is 2.56. The predicted octanol–water partition coefficient (Wildman–Crippen LogP) is 2.30. The van der Waals surface area contributed by atoms with Gasteiger partial charge in [0.05, 0.1) is 6.42 Å². The highest BCUT2D eigenvalue weighted by atomic mass is 16.4. The van der Waals surface area contributed by atoms with Gasteiger partial charge in [0, 0.05) is 11.6 Å². The van der Waals surface area contributed by atoms with Gasteiger partial charge in [-0.25, -0.2) is 0 Å². The molecule has 2 saturated carbocycles. The molecule has 0 spiro atoms. The SMILES string of the molecule is O=C(O)Cc1ccc(NC(=O)C2C3CCCC32)cc1. The molecule has 0 aliphatic heterocycles. The van der Waals surface area contributed by atoms with Crippen LogP contribution in [-0.4, -0.2) is 17.0 Å². The van der Waals surface area contributed by atoms with E-state index in [9.17, 15) is 9.59 Å². The highest BCUT2D eigenvalue weighted by Crippen LogP contribution is 2.57. The number of benzene rings is 1. The smallest absolute Gasteiger partial charge is 0.307 e. The molecule has 4 nitrogen and oxygen atoms in total. The second-order valence-corrected chi connectivity index (χ2v) is 5.54. The second kappa shape index (κ2) is 4.68. The monoisotopic (exact) mass is 259 g/mol. The molecule has 2 aliphatic rings. The molecule has 4 heteroatoms. The van der Waals surface area contributed by atoms with E-state index in [0.717, 1.165) is 11.3 Å². The van der Waals surface area contributed by atoms with Crippen LogP contribution in [0.3, 0.4) is 0 Å². The molecule has 2 fully saturated rings. The second-order valence-electron chi connectivity index (χ2n) is 5.54. The van der Waals surface area contributed by atoms with Gasteiger partial charge in [-0.1, -0.05) is 18.6 Å². The fourth-order valence-electron chi connectivity index (χ4n) is 3.32. The van der Waals surface area contributed by atoms with E-state index in [2.05, 4.69) is 5.32 Å². The Morgan fingerprint density at radius 1 is 1.16 bits per heavy atom. The molecule has 0 heterocycles. The maximum Gasteiger partial charge on any atom is 0.307 e. The lowest BCUT2D eigenvalue weighted by Crippen LogP contribution is -2.16. The van der Waals surface area contributed by atoms with E-state index in [0.29, 0.717) is 11.8 Å². The van der Waals surface area contributed by atoms with Crippen molar-refractivity contribution in [1.82, 2.24) is 0 Å². The summed E-state index contributed by atoms with van der Waals surface area (Å²) in [5, 5.41) is 11.6. The molecule has 0 saturated heterocycles. The third-order valence-corrected chi connectivity index (χ3v) is 4.29. The standard InChI is InChI=1S/C15H17NO3/c17-13(18)8-9-4-6-10(7-5-9)16-15(19)14-11-2-1-3-12(11)14/h4-7,11-12,14H,1-3,8H2,(H,16,19)(H,17,18). The van der Waals surface area contributed by atoms with Crippen LogP contribution in [0.15, 0.2) is 24.3 Å². The van der Waals surface area contributed by atoms with Gasteiger partial charge < -0.3 is 10.4 Å². The topological polar surface area (TPSA) is 66.4 Å². The zero-order valence-electron chi connectivity index (χ0n) is 10.6. The summed E-state index contributed by atoms with van der Waals surface area (Å²) < 4.78 is 0. The molecule has 2 atom stereocenters. The van der Waals surface area contributed by atoms with Crippen LogP contribution in [0, 0.1) is 17.8 Å². The lowest BCUT2D eigenvalue weighted by atomic mass is 10.1. The van der Waals surface area contributed by atoms with Gasteiger partial charge in [0.15, 0.2) is 0 Å². The summed E-state index contributed by atoms with van der Waals surface area (Å²) in [5.41, 5.74) is 1.50. The average Bonchev–Trinajstić information content (AvgIpc) is 2.85. The number of amides is 1. The van der Waals surface area contributed by atoms with Gasteiger partial charge in [0.2, 0.25) is 5.91 Å². The van der Waals surface area contributed by atoms with Gasteiger partial charge in [-0.2, -0.15) is 0 Å². The predicted molar refractivity (Wildman–Crippen MR) is 70.7 cm³/mol. The summed E-state index contributed by atoms with van der Waals surface area (Å²) in [5.74, 6) is 0.730. The molecule has 1 aromatic carbocycles. The number of anilines is 1. The molecule has 3 rings (SSSR count). The Morgan fingerprint density at radius 3 is 2.37 bits per heavy atom. The van der Waals surface area contributed by atoms with Gasteiger partial charge >= 0.3 is 5.97 Å². The number of nitrogens with one attached hydrogen (secondary N) is 1. The number of fused-ring (bicyclic) bond motifs is 1. The van der Waals surface area contributed by atoms with Crippen molar-refractivity contribution in [3.05, 3.63) is 29.8 Å². The van der Waals surface area contributed by atoms with Gasteiger partial charge in [-0.3, -0.25) is 9.59 Å². The molecule has 0 bridgehead atoms. The molecule has 0 aromatic heterocycles. The van der Waals surface area contributed by atoms with Crippen LogP contribution >= 0.6 is 0 Å². The number of aliphatic carboxylic acids is 1. The lowest BCUT2D eigenvalue weighted by molar-refractivity contribution is -0.136. The van der Waals surface area contributed by atoms with Gasteiger partial charge in [-0.05, 0) is 42.4 Å². The third-order valence-electron chi connectivity index (χ3n) is 4.29. The zero-order chi connectivity index (χ0) is 13.4. The quantitative estimate of drug-likeness (QED) is 0.871. The fourth-order valence-corrected chi connectivity index (χ4v) is 3.32.